The molecule has 0 radical (unpaired) electrons. The number of carbonyl (C=O) groups excluding carboxylic acids is 1. The number of fused-ring (bicyclic) bond motifs is 1. The van der Waals surface area contributed by atoms with Crippen molar-refractivity contribution in [3.8, 4) is 5.75 Å². The van der Waals surface area contributed by atoms with Crippen LogP contribution >= 0.6 is 23.5 Å². The van der Waals surface area contributed by atoms with Crippen molar-refractivity contribution < 1.29 is 22.7 Å². The molecule has 0 saturated carbocycles. The molecular formula is C22H22ClF3N6O2S. The number of pyridine rings is 1. The van der Waals surface area contributed by atoms with Crippen LogP contribution in [0.4, 0.5) is 18.9 Å². The maximum Gasteiger partial charge on any atom is 0.461 e. The Labute approximate surface area is 208 Å². The second-order valence-corrected chi connectivity index (χ2v) is 9.03. The monoisotopic (exact) mass is 526 g/mol. The molecule has 0 saturated heterocycles. The summed E-state index contributed by atoms with van der Waals surface area (Å²) in [6.45, 7) is 2.68. The van der Waals surface area contributed by atoms with Crippen molar-refractivity contribution >= 4 is 47.1 Å². The van der Waals surface area contributed by atoms with Crippen LogP contribution in [-0.2, 0) is 13.0 Å². The summed E-state index contributed by atoms with van der Waals surface area (Å²) in [7, 11) is 1.51. The third kappa shape index (κ3) is 5.59. The number of rotatable bonds is 7. The number of aromatic nitrogens is 2. The van der Waals surface area contributed by atoms with Gasteiger partial charge < -0.3 is 10.1 Å². The van der Waals surface area contributed by atoms with Crippen LogP contribution in [0.3, 0.4) is 0 Å². The number of halogens is 4. The Hall–Kier alpha value is -3.12. The lowest BCUT2D eigenvalue weighted by molar-refractivity contribution is -0.0351. The van der Waals surface area contributed by atoms with Crippen LogP contribution in [0, 0.1) is 0 Å². The summed E-state index contributed by atoms with van der Waals surface area (Å²) >= 11 is 6.16. The molecule has 1 amide bonds. The quantitative estimate of drug-likeness (QED) is 0.449. The van der Waals surface area contributed by atoms with Gasteiger partial charge >= 0.3 is 5.51 Å². The lowest BCUT2D eigenvalue weighted by Crippen LogP contribution is -2.35. The first-order valence-corrected chi connectivity index (χ1v) is 11.8. The number of amides is 1. The SMILES string of the molecule is CCc1nc2c(Cl)c(OC)ccn2c1C(=O)NCc1ccc(N2CCN(SC(F)(F)F)C=N2)cc1. The number of nitrogens with one attached hydrogen (secondary N) is 1. The van der Waals surface area contributed by atoms with Crippen molar-refractivity contribution in [2.75, 3.05) is 25.2 Å². The number of aryl methyl sites for hydroxylation is 1. The summed E-state index contributed by atoms with van der Waals surface area (Å²) in [4.78, 5) is 17.5. The summed E-state index contributed by atoms with van der Waals surface area (Å²) in [5.41, 5.74) is -1.27. The Morgan fingerprint density at radius 1 is 1.23 bits per heavy atom. The van der Waals surface area contributed by atoms with E-state index in [9.17, 15) is 18.0 Å². The summed E-state index contributed by atoms with van der Waals surface area (Å²) in [5.74, 6) is 0.186. The molecule has 0 bridgehead atoms. The average Bonchev–Trinajstić information content (AvgIpc) is 3.22. The van der Waals surface area contributed by atoms with Gasteiger partial charge in [0.2, 0.25) is 0 Å². The van der Waals surface area contributed by atoms with Crippen molar-refractivity contribution in [3.05, 3.63) is 58.5 Å². The second kappa shape index (κ2) is 10.2. The Morgan fingerprint density at radius 2 is 1.97 bits per heavy atom. The molecule has 1 N–H and O–H groups in total. The number of hydrazone groups is 1. The van der Waals surface area contributed by atoms with Gasteiger partial charge in [-0.05, 0) is 30.2 Å². The normalized spacial score (nSPS) is 14.0. The number of hydrogen-bond donors (Lipinski definition) is 1. The number of methoxy groups -OCH3 is 1. The van der Waals surface area contributed by atoms with Crippen LogP contribution in [0.15, 0.2) is 41.6 Å². The number of carbonyl (C=O) groups is 1. The summed E-state index contributed by atoms with van der Waals surface area (Å²) in [6.07, 6.45) is 3.41. The van der Waals surface area contributed by atoms with Gasteiger partial charge in [-0.1, -0.05) is 30.7 Å². The predicted octanol–water partition coefficient (Wildman–Crippen LogP) is 4.72. The molecule has 3 heterocycles. The van der Waals surface area contributed by atoms with E-state index in [-0.39, 0.29) is 30.9 Å². The first-order valence-electron chi connectivity index (χ1n) is 10.6. The fourth-order valence-corrected chi connectivity index (χ4v) is 4.43. The highest BCUT2D eigenvalue weighted by Crippen LogP contribution is 2.33. The molecule has 0 aliphatic carbocycles. The third-order valence-electron chi connectivity index (χ3n) is 5.30. The Bertz CT molecular complexity index is 1250. The first-order chi connectivity index (χ1) is 16.7. The van der Waals surface area contributed by atoms with E-state index in [0.29, 0.717) is 40.8 Å². The maximum absolute atomic E-state index is 13.0. The molecule has 0 fully saturated rings. The second-order valence-electron chi connectivity index (χ2n) is 7.53. The molecule has 186 valence electrons. The number of ether oxygens (including phenoxy) is 1. The molecule has 3 aromatic rings. The van der Waals surface area contributed by atoms with Crippen LogP contribution in [0.25, 0.3) is 5.65 Å². The van der Waals surface area contributed by atoms with Crippen LogP contribution in [0.5, 0.6) is 5.75 Å². The Kier molecular flexibility index (Phi) is 7.31. The van der Waals surface area contributed by atoms with Crippen LogP contribution in [0.2, 0.25) is 5.02 Å². The highest BCUT2D eigenvalue weighted by atomic mass is 35.5. The minimum absolute atomic E-state index is 0.181. The van der Waals surface area contributed by atoms with Gasteiger partial charge in [-0.15, -0.1) is 0 Å². The molecule has 0 atom stereocenters. The Balaban J connectivity index is 1.42. The molecule has 1 aliphatic rings. The molecule has 1 aliphatic heterocycles. The van der Waals surface area contributed by atoms with E-state index < -0.39 is 5.51 Å². The topological polar surface area (TPSA) is 74.5 Å². The third-order valence-corrected chi connectivity index (χ3v) is 6.37. The number of imidazole rings is 1. The van der Waals surface area contributed by atoms with E-state index >= 15 is 0 Å². The molecular weight excluding hydrogens is 505 g/mol. The van der Waals surface area contributed by atoms with Gasteiger partial charge in [0.05, 0.1) is 43.5 Å². The van der Waals surface area contributed by atoms with E-state index in [2.05, 4.69) is 15.4 Å². The van der Waals surface area contributed by atoms with E-state index in [1.54, 1.807) is 21.7 Å². The molecule has 0 unspecified atom stereocenters. The van der Waals surface area contributed by atoms with Crippen LogP contribution in [0.1, 0.15) is 28.7 Å². The summed E-state index contributed by atoms with van der Waals surface area (Å²) in [5, 5.41) is 8.95. The zero-order valence-electron chi connectivity index (χ0n) is 18.8. The zero-order chi connectivity index (χ0) is 25.2. The molecule has 0 spiro atoms. The fourth-order valence-electron chi connectivity index (χ4n) is 3.63. The van der Waals surface area contributed by atoms with Crippen molar-refractivity contribution in [3.63, 3.8) is 0 Å². The van der Waals surface area contributed by atoms with Gasteiger partial charge in [0, 0.05) is 12.7 Å². The molecule has 13 heteroatoms. The highest BCUT2D eigenvalue weighted by Gasteiger charge is 2.33. The lowest BCUT2D eigenvalue weighted by Gasteiger charge is -2.29. The van der Waals surface area contributed by atoms with Gasteiger partial charge in [-0.3, -0.25) is 18.5 Å². The number of benzene rings is 1. The molecule has 2 aromatic heterocycles. The van der Waals surface area contributed by atoms with Crippen LogP contribution in [-0.4, -0.2) is 51.6 Å². The van der Waals surface area contributed by atoms with E-state index in [1.807, 2.05) is 31.2 Å². The molecule has 8 nitrogen and oxygen atoms in total. The van der Waals surface area contributed by atoms with E-state index in [1.165, 1.54) is 13.4 Å². The van der Waals surface area contributed by atoms with Crippen LogP contribution < -0.4 is 15.1 Å². The predicted molar refractivity (Wildman–Crippen MR) is 130 cm³/mol. The van der Waals surface area contributed by atoms with Crippen molar-refractivity contribution in [2.24, 2.45) is 5.10 Å². The number of alkyl halides is 3. The minimum Gasteiger partial charge on any atom is -0.495 e. The van der Waals surface area contributed by atoms with Crippen molar-refractivity contribution in [1.82, 2.24) is 19.0 Å². The lowest BCUT2D eigenvalue weighted by atomic mass is 10.2. The van der Waals surface area contributed by atoms with Gasteiger partial charge in [0.25, 0.3) is 5.91 Å². The smallest absolute Gasteiger partial charge is 0.461 e. The number of nitrogens with zero attached hydrogens (tertiary/aromatic N) is 5. The molecule has 4 rings (SSSR count). The maximum atomic E-state index is 13.0. The average molecular weight is 527 g/mol. The standard InChI is InChI=1S/C22H22ClF3N6O2S/c1-3-16-19(31-9-8-17(34-2)18(23)20(31)29-16)21(33)27-12-14-4-6-15(7-5-14)32-11-10-30(13-28-32)35-22(24,25)26/h4-9,13H,3,10-12H2,1-2H3,(H,27,33). The van der Waals surface area contributed by atoms with E-state index in [4.69, 9.17) is 16.3 Å². The van der Waals surface area contributed by atoms with Crippen molar-refractivity contribution in [2.45, 2.75) is 25.4 Å². The molecule has 1 aromatic carbocycles. The van der Waals surface area contributed by atoms with Gasteiger partial charge in [-0.2, -0.15) is 18.3 Å². The Morgan fingerprint density at radius 3 is 2.57 bits per heavy atom. The number of anilines is 1. The summed E-state index contributed by atoms with van der Waals surface area (Å²) < 4.78 is 45.4. The zero-order valence-corrected chi connectivity index (χ0v) is 20.4. The highest BCUT2D eigenvalue weighted by molar-refractivity contribution is 7.98. The number of hydrogen-bond acceptors (Lipinski definition) is 7. The summed E-state index contributed by atoms with van der Waals surface area (Å²) in [6, 6.07) is 8.96. The van der Waals surface area contributed by atoms with Gasteiger partial charge in [-0.25, -0.2) is 4.98 Å². The van der Waals surface area contributed by atoms with Gasteiger partial charge in [0.1, 0.15) is 22.8 Å². The minimum atomic E-state index is -4.35. The van der Waals surface area contributed by atoms with Crippen molar-refractivity contribution in [1.29, 1.82) is 0 Å². The fraction of sp³-hybridized carbons (Fsp3) is 0.318. The van der Waals surface area contributed by atoms with Gasteiger partial charge in [0.15, 0.2) is 5.65 Å². The largest absolute Gasteiger partial charge is 0.495 e. The first kappa shape index (κ1) is 25.0. The molecule has 35 heavy (non-hydrogen) atoms. The van der Waals surface area contributed by atoms with E-state index in [0.717, 1.165) is 15.6 Å².